The number of carbonyl (C=O) groups excluding carboxylic acids is 1. The van der Waals surface area contributed by atoms with Crippen LogP contribution in [-0.4, -0.2) is 41.4 Å². The van der Waals surface area contributed by atoms with Crippen LogP contribution < -0.4 is 10.2 Å². The van der Waals surface area contributed by atoms with E-state index in [1.165, 1.54) is 0 Å². The Hall–Kier alpha value is -1.93. The van der Waals surface area contributed by atoms with Gasteiger partial charge in [-0.2, -0.15) is 0 Å². The third-order valence-corrected chi connectivity index (χ3v) is 5.53. The van der Waals surface area contributed by atoms with E-state index in [4.69, 9.17) is 9.15 Å². The van der Waals surface area contributed by atoms with Crippen molar-refractivity contribution >= 4 is 22.4 Å². The average molecular weight is 348 g/mol. The zero-order valence-corrected chi connectivity index (χ0v) is 14.3. The molecule has 8 heteroatoms. The number of aromatic nitrogens is 2. The highest BCUT2D eigenvalue weighted by atomic mass is 32.1. The molecule has 2 saturated heterocycles. The maximum Gasteiger partial charge on any atom is 0.225 e. The van der Waals surface area contributed by atoms with Crippen molar-refractivity contribution in [2.24, 2.45) is 5.92 Å². The molecule has 0 bridgehead atoms. The van der Waals surface area contributed by atoms with E-state index in [2.05, 4.69) is 20.4 Å². The first kappa shape index (κ1) is 15.6. The van der Waals surface area contributed by atoms with Crippen molar-refractivity contribution in [1.82, 2.24) is 15.5 Å². The number of furan rings is 1. The molecule has 1 amide bonds. The van der Waals surface area contributed by atoms with Crippen molar-refractivity contribution in [1.29, 1.82) is 0 Å². The lowest BCUT2D eigenvalue weighted by molar-refractivity contribution is -0.126. The third-order valence-electron chi connectivity index (χ3n) is 4.66. The van der Waals surface area contributed by atoms with Crippen LogP contribution in [0.25, 0.3) is 0 Å². The Balaban J connectivity index is 1.46. The summed E-state index contributed by atoms with van der Waals surface area (Å²) in [7, 11) is 0. The number of ether oxygens (including phenoxy) is 1. The molecule has 4 heterocycles. The Kier molecular flexibility index (Phi) is 4.24. The van der Waals surface area contributed by atoms with Crippen molar-refractivity contribution in [3.63, 3.8) is 0 Å². The molecule has 7 nitrogen and oxygen atoms in total. The van der Waals surface area contributed by atoms with Crippen LogP contribution in [0.3, 0.4) is 0 Å². The van der Waals surface area contributed by atoms with Gasteiger partial charge in [0.25, 0.3) is 0 Å². The number of carbonyl (C=O) groups is 1. The maximum absolute atomic E-state index is 12.6. The molecule has 24 heavy (non-hydrogen) atoms. The fourth-order valence-electron chi connectivity index (χ4n) is 3.49. The fourth-order valence-corrected chi connectivity index (χ4v) is 4.25. The minimum absolute atomic E-state index is 0.0339. The van der Waals surface area contributed by atoms with Crippen molar-refractivity contribution < 1.29 is 13.9 Å². The van der Waals surface area contributed by atoms with Crippen molar-refractivity contribution in [3.05, 3.63) is 29.2 Å². The highest BCUT2D eigenvalue weighted by molar-refractivity contribution is 7.15. The van der Waals surface area contributed by atoms with Crippen LogP contribution in [0.2, 0.25) is 0 Å². The summed E-state index contributed by atoms with van der Waals surface area (Å²) in [5.74, 6) is 0.667. The molecular weight excluding hydrogens is 328 g/mol. The summed E-state index contributed by atoms with van der Waals surface area (Å²) in [6.07, 6.45) is 3.42. The molecule has 2 aliphatic rings. The lowest BCUT2D eigenvalue weighted by atomic mass is 9.90. The van der Waals surface area contributed by atoms with Gasteiger partial charge in [0, 0.05) is 13.2 Å². The third kappa shape index (κ3) is 3.03. The van der Waals surface area contributed by atoms with Gasteiger partial charge in [0.2, 0.25) is 11.0 Å². The molecule has 4 rings (SSSR count). The Labute approximate surface area is 144 Å². The second kappa shape index (κ2) is 6.52. The van der Waals surface area contributed by atoms with Gasteiger partial charge < -0.3 is 19.4 Å². The number of hydrogen-bond donors (Lipinski definition) is 1. The van der Waals surface area contributed by atoms with E-state index >= 15 is 0 Å². The fraction of sp³-hybridized carbons (Fsp3) is 0.562. The zero-order valence-electron chi connectivity index (χ0n) is 13.5. The van der Waals surface area contributed by atoms with Gasteiger partial charge in [-0.1, -0.05) is 11.3 Å². The quantitative estimate of drug-likeness (QED) is 0.906. The number of amides is 1. The van der Waals surface area contributed by atoms with Crippen LogP contribution in [0.1, 0.15) is 23.6 Å². The first-order chi connectivity index (χ1) is 11.7. The van der Waals surface area contributed by atoms with Crippen LogP contribution in [0.4, 0.5) is 5.13 Å². The smallest absolute Gasteiger partial charge is 0.225 e. The minimum atomic E-state index is -0.122. The van der Waals surface area contributed by atoms with Crippen molar-refractivity contribution in [2.75, 3.05) is 18.1 Å². The molecule has 2 aromatic rings. The van der Waals surface area contributed by atoms with Gasteiger partial charge in [-0.25, -0.2) is 0 Å². The minimum Gasteiger partial charge on any atom is -0.467 e. The lowest BCUT2D eigenvalue weighted by Gasteiger charge is -2.39. The average Bonchev–Trinajstić information content (AvgIpc) is 3.32. The highest BCUT2D eigenvalue weighted by Crippen LogP contribution is 2.35. The summed E-state index contributed by atoms with van der Waals surface area (Å²) in [6.45, 7) is 3.75. The van der Waals surface area contributed by atoms with Crippen molar-refractivity contribution in [3.8, 4) is 0 Å². The number of fused-ring (bicyclic) bond motifs is 1. The molecular formula is C16H20N4O3S. The summed E-state index contributed by atoms with van der Waals surface area (Å²) in [6, 6.07) is 3.97. The lowest BCUT2D eigenvalue weighted by Crippen LogP contribution is -2.53. The molecule has 128 valence electrons. The number of nitrogens with zero attached hydrogens (tertiary/aromatic N) is 3. The molecule has 0 unspecified atom stereocenters. The largest absolute Gasteiger partial charge is 0.467 e. The van der Waals surface area contributed by atoms with Crippen molar-refractivity contribution in [2.45, 2.75) is 38.5 Å². The molecule has 2 aliphatic heterocycles. The van der Waals surface area contributed by atoms with E-state index in [9.17, 15) is 4.79 Å². The van der Waals surface area contributed by atoms with Crippen LogP contribution >= 0.6 is 11.3 Å². The maximum atomic E-state index is 12.6. The van der Waals surface area contributed by atoms with E-state index in [-0.39, 0.29) is 17.9 Å². The molecule has 2 aromatic heterocycles. The summed E-state index contributed by atoms with van der Waals surface area (Å²) < 4.78 is 11.1. The summed E-state index contributed by atoms with van der Waals surface area (Å²) in [5, 5.41) is 13.2. The standard InChI is InChI=1S/C16H20N4O3S/c1-10-18-19-16(24-10)20-9-11(7-14-13(20)4-6-23-14)15(21)17-8-12-3-2-5-22-12/h2-3,5,11,13-14H,4,6-9H2,1H3,(H,17,21)/t11-,13+,14+/m1/s1. The Morgan fingerprint density at radius 2 is 2.42 bits per heavy atom. The number of anilines is 1. The van der Waals surface area contributed by atoms with Crippen LogP contribution in [-0.2, 0) is 16.1 Å². The highest BCUT2D eigenvalue weighted by Gasteiger charge is 2.43. The summed E-state index contributed by atoms with van der Waals surface area (Å²) >= 11 is 1.57. The molecule has 0 spiro atoms. The normalized spacial score (nSPS) is 26.4. The van der Waals surface area contributed by atoms with E-state index in [0.29, 0.717) is 19.1 Å². The molecule has 2 fully saturated rings. The molecule has 0 aromatic carbocycles. The van der Waals surface area contributed by atoms with Crippen LogP contribution in [0, 0.1) is 12.8 Å². The monoisotopic (exact) mass is 348 g/mol. The summed E-state index contributed by atoms with van der Waals surface area (Å²) in [5.41, 5.74) is 0. The molecule has 0 radical (unpaired) electrons. The summed E-state index contributed by atoms with van der Waals surface area (Å²) in [4.78, 5) is 14.8. The predicted molar refractivity (Wildman–Crippen MR) is 88.8 cm³/mol. The topological polar surface area (TPSA) is 80.5 Å². The number of aryl methyl sites for hydroxylation is 1. The second-order valence-corrected chi connectivity index (χ2v) is 7.41. The van der Waals surface area contributed by atoms with E-state index in [0.717, 1.165) is 35.3 Å². The first-order valence-electron chi connectivity index (χ1n) is 8.19. The molecule has 0 aliphatic carbocycles. The number of hydrogen-bond acceptors (Lipinski definition) is 7. The van der Waals surface area contributed by atoms with Gasteiger partial charge in [0.15, 0.2) is 0 Å². The molecule has 0 saturated carbocycles. The zero-order chi connectivity index (χ0) is 16.5. The van der Waals surface area contributed by atoms with E-state index in [1.807, 2.05) is 19.1 Å². The van der Waals surface area contributed by atoms with Crippen LogP contribution in [0.15, 0.2) is 22.8 Å². The van der Waals surface area contributed by atoms with E-state index in [1.54, 1.807) is 17.6 Å². The van der Waals surface area contributed by atoms with Gasteiger partial charge in [-0.15, -0.1) is 10.2 Å². The SMILES string of the molecule is Cc1nnc(N2C[C@H](C(=O)NCc3ccco3)C[C@@H]3OCC[C@@H]32)s1. The Morgan fingerprint density at radius 1 is 1.50 bits per heavy atom. The van der Waals surface area contributed by atoms with Gasteiger partial charge in [0.1, 0.15) is 10.8 Å². The number of piperidine rings is 1. The first-order valence-corrected chi connectivity index (χ1v) is 9.01. The molecule has 3 atom stereocenters. The van der Waals surface area contributed by atoms with Gasteiger partial charge in [-0.3, -0.25) is 4.79 Å². The Morgan fingerprint density at radius 3 is 3.17 bits per heavy atom. The van der Waals surface area contributed by atoms with Crippen LogP contribution in [0.5, 0.6) is 0 Å². The number of rotatable bonds is 4. The van der Waals surface area contributed by atoms with Gasteiger partial charge >= 0.3 is 0 Å². The van der Waals surface area contributed by atoms with Gasteiger partial charge in [0.05, 0.1) is 30.9 Å². The Bertz CT molecular complexity index is 702. The van der Waals surface area contributed by atoms with Gasteiger partial charge in [-0.05, 0) is 31.9 Å². The predicted octanol–water partition coefficient (Wildman–Crippen LogP) is 1.74. The molecule has 1 N–H and O–H groups in total. The second-order valence-electron chi connectivity index (χ2n) is 6.25. The number of nitrogens with one attached hydrogen (secondary N) is 1. The van der Waals surface area contributed by atoms with E-state index < -0.39 is 0 Å².